The van der Waals surface area contributed by atoms with Crippen LogP contribution in [0.1, 0.15) is 36.8 Å². The number of halogens is 1. The van der Waals surface area contributed by atoms with Crippen molar-refractivity contribution in [2.45, 2.75) is 49.9 Å². The fraction of sp³-hybridized carbons (Fsp3) is 0.400. The summed E-state index contributed by atoms with van der Waals surface area (Å²) in [6.45, 7) is 0.833. The number of piperidine rings is 1. The van der Waals surface area contributed by atoms with E-state index in [4.69, 9.17) is 0 Å². The van der Waals surface area contributed by atoms with E-state index in [1.165, 1.54) is 17.7 Å². The molecule has 2 saturated heterocycles. The fourth-order valence-electron chi connectivity index (χ4n) is 4.55. The molecule has 2 aromatic carbocycles. The van der Waals surface area contributed by atoms with Crippen molar-refractivity contribution in [1.29, 1.82) is 0 Å². The molecule has 2 heterocycles. The second-order valence-electron chi connectivity index (χ2n) is 6.83. The number of aliphatic hydroxyl groups is 1. The van der Waals surface area contributed by atoms with E-state index in [-0.39, 0.29) is 11.4 Å². The van der Waals surface area contributed by atoms with E-state index in [0.29, 0.717) is 6.04 Å². The van der Waals surface area contributed by atoms with Crippen molar-refractivity contribution in [3.05, 3.63) is 71.5 Å². The SMILES string of the molecule is OC1CCC2CCC1(c1ccc(F)cc1)N2Cc1ccccc1. The molecule has 2 nitrogen and oxygen atoms in total. The molecule has 0 radical (unpaired) electrons. The van der Waals surface area contributed by atoms with Gasteiger partial charge in [-0.15, -0.1) is 0 Å². The summed E-state index contributed by atoms with van der Waals surface area (Å²) in [5.74, 6) is -0.223. The fourth-order valence-corrected chi connectivity index (χ4v) is 4.55. The van der Waals surface area contributed by atoms with Crippen molar-refractivity contribution in [2.24, 2.45) is 0 Å². The summed E-state index contributed by atoms with van der Waals surface area (Å²) in [4.78, 5) is 2.46. The lowest BCUT2D eigenvalue weighted by molar-refractivity contribution is -0.0666. The Hall–Kier alpha value is -1.71. The molecule has 2 bridgehead atoms. The highest BCUT2D eigenvalue weighted by atomic mass is 19.1. The lowest BCUT2D eigenvalue weighted by atomic mass is 9.79. The van der Waals surface area contributed by atoms with E-state index < -0.39 is 6.10 Å². The zero-order valence-electron chi connectivity index (χ0n) is 13.2. The second kappa shape index (κ2) is 5.73. The van der Waals surface area contributed by atoms with Gasteiger partial charge in [-0.1, -0.05) is 42.5 Å². The van der Waals surface area contributed by atoms with Crippen LogP contribution in [-0.4, -0.2) is 22.2 Å². The predicted molar refractivity (Wildman–Crippen MR) is 88.3 cm³/mol. The molecule has 3 heteroatoms. The molecular weight excluding hydrogens is 289 g/mol. The summed E-state index contributed by atoms with van der Waals surface area (Å²) in [6, 6.07) is 17.7. The Morgan fingerprint density at radius 3 is 2.48 bits per heavy atom. The summed E-state index contributed by atoms with van der Waals surface area (Å²) in [5.41, 5.74) is 1.94. The maximum atomic E-state index is 13.4. The van der Waals surface area contributed by atoms with Crippen molar-refractivity contribution in [3.8, 4) is 0 Å². The van der Waals surface area contributed by atoms with Crippen LogP contribution in [0.3, 0.4) is 0 Å². The van der Waals surface area contributed by atoms with Crippen LogP contribution in [0.25, 0.3) is 0 Å². The van der Waals surface area contributed by atoms with Crippen LogP contribution in [0.5, 0.6) is 0 Å². The third kappa shape index (κ3) is 2.39. The summed E-state index contributed by atoms with van der Waals surface area (Å²) < 4.78 is 13.4. The van der Waals surface area contributed by atoms with E-state index >= 15 is 0 Å². The van der Waals surface area contributed by atoms with Crippen LogP contribution in [0, 0.1) is 5.82 Å². The summed E-state index contributed by atoms with van der Waals surface area (Å²) in [5, 5.41) is 10.9. The van der Waals surface area contributed by atoms with Gasteiger partial charge in [-0.25, -0.2) is 4.39 Å². The van der Waals surface area contributed by atoms with Gasteiger partial charge < -0.3 is 5.11 Å². The molecule has 4 rings (SSSR count). The Morgan fingerprint density at radius 2 is 1.74 bits per heavy atom. The average molecular weight is 311 g/mol. The monoisotopic (exact) mass is 311 g/mol. The number of hydrogen-bond donors (Lipinski definition) is 1. The molecule has 3 atom stereocenters. The van der Waals surface area contributed by atoms with Gasteiger partial charge in [-0.05, 0) is 48.9 Å². The second-order valence-corrected chi connectivity index (χ2v) is 6.83. The number of aliphatic hydroxyl groups excluding tert-OH is 1. The highest BCUT2D eigenvalue weighted by Gasteiger charge is 2.54. The van der Waals surface area contributed by atoms with Gasteiger partial charge >= 0.3 is 0 Å². The first-order chi connectivity index (χ1) is 11.2. The first-order valence-electron chi connectivity index (χ1n) is 8.45. The largest absolute Gasteiger partial charge is 0.391 e. The Labute approximate surface area is 136 Å². The van der Waals surface area contributed by atoms with Gasteiger partial charge in [0, 0.05) is 12.6 Å². The topological polar surface area (TPSA) is 23.5 Å². The Kier molecular flexibility index (Phi) is 3.70. The van der Waals surface area contributed by atoms with Gasteiger partial charge in [0.25, 0.3) is 0 Å². The smallest absolute Gasteiger partial charge is 0.123 e. The average Bonchev–Trinajstić information content (AvgIpc) is 2.84. The normalized spacial score (nSPS) is 30.5. The van der Waals surface area contributed by atoms with Crippen LogP contribution in [0.15, 0.2) is 54.6 Å². The first-order valence-corrected chi connectivity index (χ1v) is 8.45. The van der Waals surface area contributed by atoms with Crippen LogP contribution in [0.2, 0.25) is 0 Å². The van der Waals surface area contributed by atoms with Crippen molar-refractivity contribution >= 4 is 0 Å². The van der Waals surface area contributed by atoms with Crippen molar-refractivity contribution in [3.63, 3.8) is 0 Å². The van der Waals surface area contributed by atoms with E-state index in [9.17, 15) is 9.50 Å². The molecule has 2 aliphatic heterocycles. The number of rotatable bonds is 3. The van der Waals surface area contributed by atoms with Gasteiger partial charge in [-0.2, -0.15) is 0 Å². The van der Waals surface area contributed by atoms with E-state index in [2.05, 4.69) is 29.2 Å². The maximum absolute atomic E-state index is 13.4. The lowest BCUT2D eigenvalue weighted by Crippen LogP contribution is -2.55. The minimum atomic E-state index is -0.393. The van der Waals surface area contributed by atoms with Crippen LogP contribution < -0.4 is 0 Å². The van der Waals surface area contributed by atoms with Crippen molar-refractivity contribution in [2.75, 3.05) is 0 Å². The quantitative estimate of drug-likeness (QED) is 0.931. The molecule has 23 heavy (non-hydrogen) atoms. The zero-order valence-corrected chi connectivity index (χ0v) is 13.2. The Bertz CT molecular complexity index is 672. The third-order valence-electron chi connectivity index (χ3n) is 5.68. The molecule has 0 aromatic heterocycles. The highest BCUT2D eigenvalue weighted by molar-refractivity contribution is 5.31. The molecular formula is C20H22FNO. The molecule has 2 aromatic rings. The molecule has 120 valence electrons. The number of hydrogen-bond acceptors (Lipinski definition) is 2. The molecule has 1 N–H and O–H groups in total. The molecule has 2 aliphatic rings. The standard InChI is InChI=1S/C20H22FNO/c21-17-8-6-16(7-9-17)20-13-12-18(10-11-19(20)23)22(20)14-15-4-2-1-3-5-15/h1-9,18-19,23H,10-14H2. The summed E-state index contributed by atoms with van der Waals surface area (Å²) in [6.07, 6.45) is 3.51. The first kappa shape index (κ1) is 14.9. The number of benzene rings is 2. The van der Waals surface area contributed by atoms with E-state index in [0.717, 1.165) is 37.8 Å². The highest BCUT2D eigenvalue weighted by Crippen LogP contribution is 2.51. The minimum Gasteiger partial charge on any atom is -0.391 e. The number of fused-ring (bicyclic) bond motifs is 2. The summed E-state index contributed by atoms with van der Waals surface area (Å²) >= 11 is 0. The lowest BCUT2D eigenvalue weighted by Gasteiger charge is -2.48. The minimum absolute atomic E-state index is 0.223. The van der Waals surface area contributed by atoms with Crippen LogP contribution in [0.4, 0.5) is 4.39 Å². The van der Waals surface area contributed by atoms with Gasteiger partial charge in [0.1, 0.15) is 5.82 Å². The van der Waals surface area contributed by atoms with Gasteiger partial charge in [0.2, 0.25) is 0 Å². The van der Waals surface area contributed by atoms with Crippen LogP contribution in [-0.2, 0) is 12.1 Å². The molecule has 3 unspecified atom stereocenters. The van der Waals surface area contributed by atoms with Gasteiger partial charge in [0.15, 0.2) is 0 Å². The predicted octanol–water partition coefficient (Wildman–Crippen LogP) is 3.84. The van der Waals surface area contributed by atoms with Crippen molar-refractivity contribution < 1.29 is 9.50 Å². The Morgan fingerprint density at radius 1 is 1.00 bits per heavy atom. The van der Waals surface area contributed by atoms with E-state index in [1.54, 1.807) is 0 Å². The molecule has 0 spiro atoms. The summed E-state index contributed by atoms with van der Waals surface area (Å²) in [7, 11) is 0. The van der Waals surface area contributed by atoms with Crippen LogP contribution >= 0.6 is 0 Å². The molecule has 2 fully saturated rings. The van der Waals surface area contributed by atoms with Gasteiger partial charge in [0.05, 0.1) is 11.6 Å². The Balaban J connectivity index is 1.75. The maximum Gasteiger partial charge on any atom is 0.123 e. The van der Waals surface area contributed by atoms with Crippen molar-refractivity contribution in [1.82, 2.24) is 4.90 Å². The third-order valence-corrected chi connectivity index (χ3v) is 5.68. The molecule has 0 aliphatic carbocycles. The van der Waals surface area contributed by atoms with E-state index in [1.807, 2.05) is 18.2 Å². The van der Waals surface area contributed by atoms with Gasteiger partial charge in [-0.3, -0.25) is 4.90 Å². The molecule has 0 amide bonds. The number of nitrogens with zero attached hydrogens (tertiary/aromatic N) is 1. The zero-order chi connectivity index (χ0) is 15.9. The molecule has 0 saturated carbocycles.